The van der Waals surface area contributed by atoms with E-state index in [1.54, 1.807) is 0 Å². The van der Waals surface area contributed by atoms with Gasteiger partial charge in [0.05, 0.1) is 25.7 Å². The molecule has 1 N–H and O–H groups in total. The average molecular weight is 242 g/mol. The second kappa shape index (κ2) is 6.71. The lowest BCUT2D eigenvalue weighted by molar-refractivity contribution is -0.150. The molecule has 1 rings (SSSR count). The predicted octanol–water partition coefficient (Wildman–Crippen LogP) is 0.396. The first-order valence-electron chi connectivity index (χ1n) is 6.21. The number of nitrogens with zero attached hydrogens (tertiary/aromatic N) is 1. The molecule has 1 fully saturated rings. The standard InChI is InChI=1S/C12H22N2O3/c1-4-10-12(16)14(11(15)7-13-10)5-6-17-8-9(2)3/h9-10,13H,4-8H2,1-3H3. The Kier molecular flexibility index (Phi) is 5.58. The summed E-state index contributed by atoms with van der Waals surface area (Å²) in [6, 6.07) is -0.224. The van der Waals surface area contributed by atoms with Crippen LogP contribution < -0.4 is 5.32 Å². The Bertz CT molecular complexity index is 279. The lowest BCUT2D eigenvalue weighted by atomic mass is 10.1. The lowest BCUT2D eigenvalue weighted by Crippen LogP contribution is -2.58. The number of imide groups is 1. The maximum Gasteiger partial charge on any atom is 0.246 e. The van der Waals surface area contributed by atoms with Crippen molar-refractivity contribution in [3.05, 3.63) is 0 Å². The summed E-state index contributed by atoms with van der Waals surface area (Å²) in [4.78, 5) is 24.8. The van der Waals surface area contributed by atoms with E-state index in [1.807, 2.05) is 6.92 Å². The van der Waals surface area contributed by atoms with Gasteiger partial charge in [-0.05, 0) is 12.3 Å². The number of nitrogens with one attached hydrogen (secondary N) is 1. The third-order valence-corrected chi connectivity index (χ3v) is 2.68. The minimum Gasteiger partial charge on any atom is -0.379 e. The Morgan fingerprint density at radius 3 is 2.76 bits per heavy atom. The first-order valence-corrected chi connectivity index (χ1v) is 6.21. The minimum atomic E-state index is -0.224. The molecule has 5 heteroatoms. The summed E-state index contributed by atoms with van der Waals surface area (Å²) in [5.74, 6) is 0.178. The fourth-order valence-electron chi connectivity index (χ4n) is 1.73. The summed E-state index contributed by atoms with van der Waals surface area (Å²) < 4.78 is 5.40. The highest BCUT2D eigenvalue weighted by atomic mass is 16.5. The topological polar surface area (TPSA) is 58.6 Å². The molecule has 1 aliphatic heterocycles. The summed E-state index contributed by atoms with van der Waals surface area (Å²) in [5, 5.41) is 2.93. The van der Waals surface area contributed by atoms with Crippen molar-refractivity contribution in [2.75, 3.05) is 26.3 Å². The fourth-order valence-corrected chi connectivity index (χ4v) is 1.73. The number of ether oxygens (including phenoxy) is 1. The molecular weight excluding hydrogens is 220 g/mol. The Morgan fingerprint density at radius 2 is 2.18 bits per heavy atom. The Hall–Kier alpha value is -0.940. The minimum absolute atomic E-state index is 0.128. The number of piperazine rings is 1. The third kappa shape index (κ3) is 4.09. The van der Waals surface area contributed by atoms with Gasteiger partial charge in [-0.15, -0.1) is 0 Å². The van der Waals surface area contributed by atoms with Crippen molar-refractivity contribution >= 4 is 11.8 Å². The van der Waals surface area contributed by atoms with Crippen LogP contribution in [0.15, 0.2) is 0 Å². The van der Waals surface area contributed by atoms with Crippen molar-refractivity contribution in [2.24, 2.45) is 5.92 Å². The summed E-state index contributed by atoms with van der Waals surface area (Å²) in [7, 11) is 0. The number of rotatable bonds is 6. The van der Waals surface area contributed by atoms with Gasteiger partial charge in [-0.2, -0.15) is 0 Å². The third-order valence-electron chi connectivity index (χ3n) is 2.68. The van der Waals surface area contributed by atoms with Crippen LogP contribution in [0, 0.1) is 5.92 Å². The van der Waals surface area contributed by atoms with Gasteiger partial charge in [0.2, 0.25) is 11.8 Å². The number of amides is 2. The number of carbonyl (C=O) groups is 2. The zero-order chi connectivity index (χ0) is 12.8. The molecule has 1 heterocycles. The summed E-state index contributed by atoms with van der Waals surface area (Å²) in [6.07, 6.45) is 0.704. The van der Waals surface area contributed by atoms with E-state index in [9.17, 15) is 9.59 Å². The molecule has 1 aliphatic rings. The lowest BCUT2D eigenvalue weighted by Gasteiger charge is -2.31. The second-order valence-corrected chi connectivity index (χ2v) is 4.69. The van der Waals surface area contributed by atoms with Gasteiger partial charge in [0, 0.05) is 6.61 Å². The van der Waals surface area contributed by atoms with E-state index in [2.05, 4.69) is 19.2 Å². The molecule has 2 amide bonds. The zero-order valence-electron chi connectivity index (χ0n) is 10.9. The maximum absolute atomic E-state index is 11.9. The number of hydrogen-bond donors (Lipinski definition) is 1. The molecule has 5 nitrogen and oxygen atoms in total. The summed E-state index contributed by atoms with van der Waals surface area (Å²) in [5.41, 5.74) is 0. The molecule has 0 aromatic carbocycles. The van der Waals surface area contributed by atoms with Crippen LogP contribution in [-0.4, -0.2) is 49.1 Å². The summed E-state index contributed by atoms with van der Waals surface area (Å²) >= 11 is 0. The largest absolute Gasteiger partial charge is 0.379 e. The van der Waals surface area contributed by atoms with Crippen molar-refractivity contribution < 1.29 is 14.3 Å². The van der Waals surface area contributed by atoms with Crippen LogP contribution >= 0.6 is 0 Å². The molecule has 0 aromatic heterocycles. The van der Waals surface area contributed by atoms with Crippen LogP contribution in [0.25, 0.3) is 0 Å². The van der Waals surface area contributed by atoms with Crippen molar-refractivity contribution in [3.63, 3.8) is 0 Å². The van der Waals surface area contributed by atoms with E-state index in [4.69, 9.17) is 4.74 Å². The maximum atomic E-state index is 11.9. The highest BCUT2D eigenvalue weighted by molar-refractivity contribution is 6.01. The van der Waals surface area contributed by atoms with Crippen molar-refractivity contribution in [2.45, 2.75) is 33.2 Å². The van der Waals surface area contributed by atoms with Crippen molar-refractivity contribution in [3.8, 4) is 0 Å². The predicted molar refractivity (Wildman–Crippen MR) is 64.5 cm³/mol. The number of hydrogen-bond acceptors (Lipinski definition) is 4. The molecule has 0 spiro atoms. The van der Waals surface area contributed by atoms with Crippen molar-refractivity contribution in [1.82, 2.24) is 10.2 Å². The van der Waals surface area contributed by atoms with Crippen LogP contribution in [0.4, 0.5) is 0 Å². The van der Waals surface area contributed by atoms with E-state index in [0.29, 0.717) is 32.1 Å². The van der Waals surface area contributed by atoms with E-state index in [1.165, 1.54) is 4.90 Å². The van der Waals surface area contributed by atoms with Gasteiger partial charge in [0.15, 0.2) is 0 Å². The van der Waals surface area contributed by atoms with E-state index in [-0.39, 0.29) is 24.4 Å². The molecule has 0 aromatic rings. The van der Waals surface area contributed by atoms with Crippen LogP contribution in [0.1, 0.15) is 27.2 Å². The van der Waals surface area contributed by atoms with Crippen LogP contribution in [0.5, 0.6) is 0 Å². The summed E-state index contributed by atoms with van der Waals surface area (Å²) in [6.45, 7) is 7.75. The van der Waals surface area contributed by atoms with E-state index >= 15 is 0 Å². The molecule has 0 bridgehead atoms. The average Bonchev–Trinajstić information content (AvgIpc) is 2.27. The molecule has 1 atom stereocenters. The smallest absolute Gasteiger partial charge is 0.246 e. The normalized spacial score (nSPS) is 21.4. The van der Waals surface area contributed by atoms with Gasteiger partial charge >= 0.3 is 0 Å². The van der Waals surface area contributed by atoms with Gasteiger partial charge in [-0.3, -0.25) is 19.8 Å². The Labute approximate surface area is 102 Å². The van der Waals surface area contributed by atoms with Gasteiger partial charge < -0.3 is 4.74 Å². The molecule has 0 radical (unpaired) electrons. The number of carbonyl (C=O) groups excluding carboxylic acids is 2. The Balaban J connectivity index is 2.38. The monoisotopic (exact) mass is 242 g/mol. The molecular formula is C12H22N2O3. The molecule has 98 valence electrons. The zero-order valence-corrected chi connectivity index (χ0v) is 10.9. The quantitative estimate of drug-likeness (QED) is 0.541. The van der Waals surface area contributed by atoms with E-state index < -0.39 is 0 Å². The fraction of sp³-hybridized carbons (Fsp3) is 0.833. The van der Waals surface area contributed by atoms with Gasteiger partial charge in [-0.1, -0.05) is 20.8 Å². The van der Waals surface area contributed by atoms with Gasteiger partial charge in [-0.25, -0.2) is 0 Å². The van der Waals surface area contributed by atoms with Gasteiger partial charge in [0.1, 0.15) is 0 Å². The molecule has 0 saturated carbocycles. The van der Waals surface area contributed by atoms with Crippen LogP contribution in [0.3, 0.4) is 0 Å². The SMILES string of the molecule is CCC1NCC(=O)N(CCOCC(C)C)C1=O. The first kappa shape index (κ1) is 14.1. The molecule has 1 saturated heterocycles. The second-order valence-electron chi connectivity index (χ2n) is 4.69. The highest BCUT2D eigenvalue weighted by Gasteiger charge is 2.32. The van der Waals surface area contributed by atoms with E-state index in [0.717, 1.165) is 0 Å². The Morgan fingerprint density at radius 1 is 1.47 bits per heavy atom. The van der Waals surface area contributed by atoms with Gasteiger partial charge in [0.25, 0.3) is 0 Å². The van der Waals surface area contributed by atoms with Crippen LogP contribution in [-0.2, 0) is 14.3 Å². The molecule has 0 aliphatic carbocycles. The molecule has 17 heavy (non-hydrogen) atoms. The van der Waals surface area contributed by atoms with Crippen LogP contribution in [0.2, 0.25) is 0 Å². The van der Waals surface area contributed by atoms with Crippen molar-refractivity contribution in [1.29, 1.82) is 0 Å². The molecule has 1 unspecified atom stereocenters. The first-order chi connectivity index (χ1) is 8.06. The highest BCUT2D eigenvalue weighted by Crippen LogP contribution is 2.05.